The normalized spacial score (nSPS) is 11.2. The summed E-state index contributed by atoms with van der Waals surface area (Å²) in [6.07, 6.45) is 0.963. The molecule has 0 aliphatic heterocycles. The van der Waals surface area contributed by atoms with E-state index in [1.807, 2.05) is 18.2 Å². The third-order valence-electron chi connectivity index (χ3n) is 4.27. The van der Waals surface area contributed by atoms with E-state index in [2.05, 4.69) is 36.2 Å². The molecule has 0 spiro atoms. The van der Waals surface area contributed by atoms with Crippen LogP contribution in [0.5, 0.6) is 0 Å². The molecule has 2 N–H and O–H groups in total. The van der Waals surface area contributed by atoms with Crippen molar-refractivity contribution in [2.24, 2.45) is 0 Å². The number of halogens is 1. The minimum Gasteiger partial charge on any atom is -0.358 e. The van der Waals surface area contributed by atoms with Crippen LogP contribution in [0.3, 0.4) is 0 Å². The number of H-pyrrole nitrogens is 1. The number of aryl methyl sites for hydroxylation is 1. The smallest absolute Gasteiger partial charge is 0.255 e. The molecule has 0 fully saturated rings. The van der Waals surface area contributed by atoms with Gasteiger partial charge in [-0.3, -0.25) is 4.79 Å². The first-order chi connectivity index (χ1) is 11.9. The van der Waals surface area contributed by atoms with Crippen molar-refractivity contribution in [3.63, 3.8) is 0 Å². The Morgan fingerprint density at radius 1 is 1.20 bits per heavy atom. The molecule has 3 rings (SSSR count). The monoisotopic (exact) mass is 355 g/mol. The number of hydrogen-bond acceptors (Lipinski definition) is 2. The zero-order valence-corrected chi connectivity index (χ0v) is 15.4. The second kappa shape index (κ2) is 7.30. The van der Waals surface area contributed by atoms with Crippen LogP contribution in [-0.4, -0.2) is 36.4 Å². The van der Waals surface area contributed by atoms with Crippen molar-refractivity contribution in [1.82, 2.24) is 9.88 Å². The highest BCUT2D eigenvalue weighted by molar-refractivity contribution is 6.31. The van der Waals surface area contributed by atoms with Crippen molar-refractivity contribution in [2.45, 2.75) is 13.3 Å². The molecule has 0 bridgehead atoms. The first-order valence-electron chi connectivity index (χ1n) is 8.27. The standard InChI is InChI=1S/C20H22ClN3O/c1-13-17(9-10-24(2)3)18-12-16(7-8-19(18)22-13)23-20(25)14-5-4-6-15(21)11-14/h4-8,11-12,22H,9-10H2,1-3H3,(H,23,25). The Morgan fingerprint density at radius 2 is 2.00 bits per heavy atom. The summed E-state index contributed by atoms with van der Waals surface area (Å²) in [5.74, 6) is -0.163. The molecule has 0 radical (unpaired) electrons. The number of carbonyl (C=O) groups excluding carboxylic acids is 1. The molecule has 0 aliphatic carbocycles. The molecule has 0 saturated carbocycles. The van der Waals surface area contributed by atoms with Gasteiger partial charge in [-0.05, 0) is 69.4 Å². The number of anilines is 1. The van der Waals surface area contributed by atoms with E-state index in [0.717, 1.165) is 29.6 Å². The molecular weight excluding hydrogens is 334 g/mol. The van der Waals surface area contributed by atoms with Crippen LogP contribution in [0, 0.1) is 6.92 Å². The largest absolute Gasteiger partial charge is 0.358 e. The second-order valence-electron chi connectivity index (χ2n) is 6.51. The Hall–Kier alpha value is -2.30. The van der Waals surface area contributed by atoms with Crippen LogP contribution in [0.4, 0.5) is 5.69 Å². The quantitative estimate of drug-likeness (QED) is 0.708. The summed E-state index contributed by atoms with van der Waals surface area (Å²) in [5, 5.41) is 4.66. The van der Waals surface area contributed by atoms with Crippen molar-refractivity contribution in [2.75, 3.05) is 26.0 Å². The highest BCUT2D eigenvalue weighted by Gasteiger charge is 2.11. The molecule has 0 atom stereocenters. The molecule has 25 heavy (non-hydrogen) atoms. The minimum absolute atomic E-state index is 0.163. The Morgan fingerprint density at radius 3 is 2.72 bits per heavy atom. The zero-order chi connectivity index (χ0) is 18.0. The van der Waals surface area contributed by atoms with Crippen LogP contribution in [0.2, 0.25) is 5.02 Å². The molecule has 3 aromatic rings. The van der Waals surface area contributed by atoms with E-state index in [1.54, 1.807) is 24.3 Å². The molecule has 1 aromatic heterocycles. The highest BCUT2D eigenvalue weighted by Crippen LogP contribution is 2.26. The van der Waals surface area contributed by atoms with Crippen molar-refractivity contribution in [1.29, 1.82) is 0 Å². The third-order valence-corrected chi connectivity index (χ3v) is 4.51. The van der Waals surface area contributed by atoms with Crippen molar-refractivity contribution >= 4 is 34.1 Å². The predicted octanol–water partition coefficient (Wildman–Crippen LogP) is 4.49. The lowest BCUT2D eigenvalue weighted by molar-refractivity contribution is 0.102. The van der Waals surface area contributed by atoms with E-state index in [4.69, 9.17) is 11.6 Å². The van der Waals surface area contributed by atoms with Crippen molar-refractivity contribution in [3.8, 4) is 0 Å². The summed E-state index contributed by atoms with van der Waals surface area (Å²) in [6, 6.07) is 12.9. The van der Waals surface area contributed by atoms with Gasteiger partial charge in [-0.25, -0.2) is 0 Å². The zero-order valence-electron chi connectivity index (χ0n) is 14.7. The van der Waals surface area contributed by atoms with Gasteiger partial charge in [0.15, 0.2) is 0 Å². The molecule has 1 amide bonds. The fraction of sp³-hybridized carbons (Fsp3) is 0.250. The highest BCUT2D eigenvalue weighted by atomic mass is 35.5. The lowest BCUT2D eigenvalue weighted by atomic mass is 10.1. The van der Waals surface area contributed by atoms with Gasteiger partial charge in [0.2, 0.25) is 0 Å². The van der Waals surface area contributed by atoms with E-state index in [1.165, 1.54) is 11.3 Å². The molecule has 0 unspecified atom stereocenters. The second-order valence-corrected chi connectivity index (χ2v) is 6.94. The van der Waals surface area contributed by atoms with Gasteiger partial charge >= 0.3 is 0 Å². The van der Waals surface area contributed by atoms with E-state index in [9.17, 15) is 4.79 Å². The first kappa shape index (κ1) is 17.5. The average Bonchev–Trinajstić information content (AvgIpc) is 2.87. The number of benzene rings is 2. The molecule has 4 nitrogen and oxygen atoms in total. The summed E-state index contributed by atoms with van der Waals surface area (Å²) < 4.78 is 0. The summed E-state index contributed by atoms with van der Waals surface area (Å²) >= 11 is 5.97. The van der Waals surface area contributed by atoms with Crippen molar-refractivity contribution in [3.05, 3.63) is 64.3 Å². The van der Waals surface area contributed by atoms with Gasteiger partial charge in [-0.1, -0.05) is 17.7 Å². The van der Waals surface area contributed by atoms with Crippen LogP contribution >= 0.6 is 11.6 Å². The Labute approximate surface area is 152 Å². The molecule has 0 saturated heterocycles. The Bertz CT molecular complexity index is 914. The fourth-order valence-electron chi connectivity index (χ4n) is 2.95. The number of hydrogen-bond donors (Lipinski definition) is 2. The SMILES string of the molecule is Cc1[nH]c2ccc(NC(=O)c3cccc(Cl)c3)cc2c1CCN(C)C. The predicted molar refractivity (Wildman–Crippen MR) is 105 cm³/mol. The van der Waals surface area contributed by atoms with Gasteiger partial charge in [0.1, 0.15) is 0 Å². The Balaban J connectivity index is 1.87. The Kier molecular flexibility index (Phi) is 5.11. The van der Waals surface area contributed by atoms with E-state index >= 15 is 0 Å². The van der Waals surface area contributed by atoms with Crippen LogP contribution in [0.1, 0.15) is 21.6 Å². The van der Waals surface area contributed by atoms with E-state index < -0.39 is 0 Å². The maximum Gasteiger partial charge on any atom is 0.255 e. The number of fused-ring (bicyclic) bond motifs is 1. The molecule has 5 heteroatoms. The summed E-state index contributed by atoms with van der Waals surface area (Å²) in [4.78, 5) is 18.0. The summed E-state index contributed by atoms with van der Waals surface area (Å²) in [5.41, 5.74) is 4.89. The molecule has 0 aliphatic rings. The lowest BCUT2D eigenvalue weighted by Crippen LogP contribution is -2.15. The van der Waals surface area contributed by atoms with Crippen LogP contribution < -0.4 is 5.32 Å². The average molecular weight is 356 g/mol. The fourth-order valence-corrected chi connectivity index (χ4v) is 3.14. The summed E-state index contributed by atoms with van der Waals surface area (Å²) in [7, 11) is 4.14. The number of rotatable bonds is 5. The van der Waals surface area contributed by atoms with Crippen LogP contribution in [0.15, 0.2) is 42.5 Å². The van der Waals surface area contributed by atoms with E-state index in [0.29, 0.717) is 10.6 Å². The molecule has 2 aromatic carbocycles. The number of carbonyl (C=O) groups is 1. The number of amides is 1. The molecule has 130 valence electrons. The number of nitrogens with zero attached hydrogens (tertiary/aromatic N) is 1. The molecule has 1 heterocycles. The number of likely N-dealkylation sites (N-methyl/N-ethyl adjacent to an activating group) is 1. The van der Waals surface area contributed by atoms with Crippen LogP contribution in [-0.2, 0) is 6.42 Å². The van der Waals surface area contributed by atoms with Crippen molar-refractivity contribution < 1.29 is 4.79 Å². The number of aromatic amines is 1. The number of nitrogens with one attached hydrogen (secondary N) is 2. The molecular formula is C20H22ClN3O. The maximum atomic E-state index is 12.4. The van der Waals surface area contributed by atoms with Gasteiger partial charge in [-0.15, -0.1) is 0 Å². The van der Waals surface area contributed by atoms with E-state index in [-0.39, 0.29) is 5.91 Å². The van der Waals surface area contributed by atoms with Gasteiger partial charge in [-0.2, -0.15) is 0 Å². The third kappa shape index (κ3) is 4.03. The first-order valence-corrected chi connectivity index (χ1v) is 8.64. The maximum absolute atomic E-state index is 12.4. The topological polar surface area (TPSA) is 48.1 Å². The summed E-state index contributed by atoms with van der Waals surface area (Å²) in [6.45, 7) is 3.07. The van der Waals surface area contributed by atoms with Gasteiger partial charge < -0.3 is 15.2 Å². The van der Waals surface area contributed by atoms with Crippen LogP contribution in [0.25, 0.3) is 10.9 Å². The van der Waals surface area contributed by atoms with Gasteiger partial charge in [0.25, 0.3) is 5.91 Å². The lowest BCUT2D eigenvalue weighted by Gasteiger charge is -2.10. The van der Waals surface area contributed by atoms with Gasteiger partial charge in [0.05, 0.1) is 0 Å². The van der Waals surface area contributed by atoms with Gasteiger partial charge in [0, 0.05) is 39.4 Å². The number of aromatic nitrogens is 1. The minimum atomic E-state index is -0.163.